The Labute approximate surface area is 385 Å². The normalized spacial score (nSPS) is 12.6. The topological polar surface area (TPSA) is 61.8 Å². The van der Waals surface area contributed by atoms with Crippen molar-refractivity contribution < 1.29 is 23.8 Å². The van der Waals surface area contributed by atoms with Gasteiger partial charge in [-0.1, -0.05) is 210 Å². The smallest absolute Gasteiger partial charge is 0.306 e. The predicted molar refractivity (Wildman–Crippen MR) is 270 cm³/mol. The molecule has 5 heteroatoms. The second-order valence-corrected chi connectivity index (χ2v) is 17.7. The number of ether oxygens (including phenoxy) is 3. The molecule has 0 bridgehead atoms. The van der Waals surface area contributed by atoms with E-state index in [1.165, 1.54) is 154 Å². The van der Waals surface area contributed by atoms with Gasteiger partial charge in [-0.15, -0.1) is 0 Å². The fourth-order valence-corrected chi connectivity index (χ4v) is 7.51. The zero-order valence-electron chi connectivity index (χ0n) is 41.4. The Morgan fingerprint density at radius 3 is 1.19 bits per heavy atom. The van der Waals surface area contributed by atoms with Gasteiger partial charge < -0.3 is 14.2 Å². The zero-order chi connectivity index (χ0) is 44.9. The fraction of sp³-hybridized carbons (Fsp3) is 0.789. The molecule has 0 saturated heterocycles. The van der Waals surface area contributed by atoms with Crippen molar-refractivity contribution in [1.82, 2.24) is 0 Å². The molecule has 0 amide bonds. The molecule has 1 atom stereocenters. The van der Waals surface area contributed by atoms with Crippen LogP contribution in [-0.2, 0) is 23.8 Å². The van der Waals surface area contributed by atoms with Crippen LogP contribution >= 0.6 is 0 Å². The molecule has 0 aliphatic carbocycles. The lowest BCUT2D eigenvalue weighted by molar-refractivity contribution is -0.163. The van der Waals surface area contributed by atoms with Crippen LogP contribution in [0, 0.1) is 0 Å². The molecule has 0 spiro atoms. The molecular formula is C57H102O5. The Kier molecular flexibility index (Phi) is 50.9. The van der Waals surface area contributed by atoms with E-state index in [1.54, 1.807) is 0 Å². The highest BCUT2D eigenvalue weighted by atomic mass is 16.6. The highest BCUT2D eigenvalue weighted by molar-refractivity contribution is 5.70. The Morgan fingerprint density at radius 1 is 0.371 bits per heavy atom. The number of carbonyl (C=O) groups is 2. The Hall–Kier alpha value is -2.40. The first-order valence-corrected chi connectivity index (χ1v) is 26.8. The van der Waals surface area contributed by atoms with Gasteiger partial charge in [0, 0.05) is 19.4 Å². The highest BCUT2D eigenvalue weighted by Gasteiger charge is 2.17. The second-order valence-electron chi connectivity index (χ2n) is 17.7. The molecule has 360 valence electrons. The van der Waals surface area contributed by atoms with Gasteiger partial charge in [0.15, 0.2) is 6.10 Å². The largest absolute Gasteiger partial charge is 0.462 e. The molecular weight excluding hydrogens is 765 g/mol. The molecule has 1 unspecified atom stereocenters. The maximum atomic E-state index is 12.8. The molecule has 0 N–H and O–H groups in total. The predicted octanol–water partition coefficient (Wildman–Crippen LogP) is 18.1. The van der Waals surface area contributed by atoms with Crippen LogP contribution < -0.4 is 0 Å². The van der Waals surface area contributed by atoms with Crippen molar-refractivity contribution in [3.05, 3.63) is 60.8 Å². The van der Waals surface area contributed by atoms with E-state index in [0.717, 1.165) is 77.0 Å². The van der Waals surface area contributed by atoms with Crippen molar-refractivity contribution in [2.24, 2.45) is 0 Å². The van der Waals surface area contributed by atoms with Gasteiger partial charge in [0.25, 0.3) is 0 Å². The summed E-state index contributed by atoms with van der Waals surface area (Å²) in [6.07, 6.45) is 66.6. The minimum atomic E-state index is -0.556. The van der Waals surface area contributed by atoms with Gasteiger partial charge in [0.1, 0.15) is 6.61 Å². The van der Waals surface area contributed by atoms with Gasteiger partial charge in [-0.3, -0.25) is 9.59 Å². The fourth-order valence-electron chi connectivity index (χ4n) is 7.51. The maximum Gasteiger partial charge on any atom is 0.306 e. The molecule has 0 aliphatic heterocycles. The van der Waals surface area contributed by atoms with Crippen LogP contribution in [0.5, 0.6) is 0 Å². The van der Waals surface area contributed by atoms with Crippen LogP contribution in [0.4, 0.5) is 0 Å². The third-order valence-corrected chi connectivity index (χ3v) is 11.5. The van der Waals surface area contributed by atoms with Crippen molar-refractivity contribution >= 4 is 11.9 Å². The van der Waals surface area contributed by atoms with Gasteiger partial charge in [-0.25, -0.2) is 0 Å². The van der Waals surface area contributed by atoms with Gasteiger partial charge >= 0.3 is 11.9 Å². The average molecular weight is 867 g/mol. The zero-order valence-corrected chi connectivity index (χ0v) is 41.4. The summed E-state index contributed by atoms with van der Waals surface area (Å²) in [6.45, 7) is 7.68. The third kappa shape index (κ3) is 50.2. The van der Waals surface area contributed by atoms with Crippen molar-refractivity contribution in [2.45, 2.75) is 271 Å². The summed E-state index contributed by atoms with van der Waals surface area (Å²) in [5, 5.41) is 0. The molecule has 0 saturated carbocycles. The summed E-state index contributed by atoms with van der Waals surface area (Å²) in [5.74, 6) is -0.433. The molecule has 0 rings (SSSR count). The summed E-state index contributed by atoms with van der Waals surface area (Å²) in [4.78, 5) is 25.4. The SMILES string of the molecule is CC/C=C\C/C=C\C/C=C\CCCCCC(=O)OC(COCCCCCCCC/C=C\CCCCCCCC)COC(=O)CCCCCCCCC/C=C\CCCCCCCC. The first-order valence-electron chi connectivity index (χ1n) is 26.8. The number of allylic oxidation sites excluding steroid dienone is 10. The molecule has 0 aromatic carbocycles. The van der Waals surface area contributed by atoms with Crippen molar-refractivity contribution in [3.63, 3.8) is 0 Å². The van der Waals surface area contributed by atoms with Crippen molar-refractivity contribution in [2.75, 3.05) is 19.8 Å². The van der Waals surface area contributed by atoms with E-state index in [-0.39, 0.29) is 25.2 Å². The van der Waals surface area contributed by atoms with Crippen LogP contribution in [0.15, 0.2) is 60.8 Å². The molecule has 0 heterocycles. The Morgan fingerprint density at radius 2 is 0.726 bits per heavy atom. The number of esters is 2. The lowest BCUT2D eigenvalue weighted by Gasteiger charge is -2.18. The summed E-state index contributed by atoms with van der Waals surface area (Å²) in [6, 6.07) is 0. The number of unbranched alkanes of at least 4 members (excludes halogenated alkanes) is 28. The van der Waals surface area contributed by atoms with Crippen LogP contribution in [-0.4, -0.2) is 37.9 Å². The average Bonchev–Trinajstić information content (AvgIpc) is 3.27. The van der Waals surface area contributed by atoms with Crippen LogP contribution in [0.1, 0.15) is 265 Å². The summed E-state index contributed by atoms with van der Waals surface area (Å²) >= 11 is 0. The number of hydrogen-bond acceptors (Lipinski definition) is 5. The van der Waals surface area contributed by atoms with Gasteiger partial charge in [-0.2, -0.15) is 0 Å². The third-order valence-electron chi connectivity index (χ3n) is 11.5. The number of hydrogen-bond donors (Lipinski definition) is 0. The minimum absolute atomic E-state index is 0.0690. The van der Waals surface area contributed by atoms with E-state index in [4.69, 9.17) is 14.2 Å². The van der Waals surface area contributed by atoms with Crippen molar-refractivity contribution in [1.29, 1.82) is 0 Å². The van der Waals surface area contributed by atoms with Crippen LogP contribution in [0.3, 0.4) is 0 Å². The van der Waals surface area contributed by atoms with Gasteiger partial charge in [0.05, 0.1) is 6.61 Å². The molecule has 0 radical (unpaired) electrons. The molecule has 5 nitrogen and oxygen atoms in total. The Bertz CT molecular complexity index is 1070. The van der Waals surface area contributed by atoms with Gasteiger partial charge in [-0.05, 0) is 103 Å². The van der Waals surface area contributed by atoms with Crippen molar-refractivity contribution in [3.8, 4) is 0 Å². The number of carbonyl (C=O) groups excluding carboxylic acids is 2. The van der Waals surface area contributed by atoms with E-state index < -0.39 is 6.10 Å². The summed E-state index contributed by atoms with van der Waals surface area (Å²) in [5.41, 5.74) is 0. The molecule has 62 heavy (non-hydrogen) atoms. The summed E-state index contributed by atoms with van der Waals surface area (Å²) < 4.78 is 17.4. The van der Waals surface area contributed by atoms with E-state index >= 15 is 0 Å². The lowest BCUT2D eigenvalue weighted by atomic mass is 10.1. The second kappa shape index (κ2) is 52.9. The highest BCUT2D eigenvalue weighted by Crippen LogP contribution is 2.14. The van der Waals surface area contributed by atoms with Crippen LogP contribution in [0.2, 0.25) is 0 Å². The number of rotatable bonds is 49. The van der Waals surface area contributed by atoms with E-state index in [9.17, 15) is 9.59 Å². The van der Waals surface area contributed by atoms with Gasteiger partial charge in [0.2, 0.25) is 0 Å². The Balaban J connectivity index is 4.29. The molecule has 0 aliphatic rings. The molecule has 0 fully saturated rings. The lowest BCUT2D eigenvalue weighted by Crippen LogP contribution is -2.30. The summed E-state index contributed by atoms with van der Waals surface area (Å²) in [7, 11) is 0. The molecule has 0 aromatic rings. The van der Waals surface area contributed by atoms with Crippen LogP contribution in [0.25, 0.3) is 0 Å². The molecule has 0 aromatic heterocycles. The first-order chi connectivity index (χ1) is 30.6. The first kappa shape index (κ1) is 59.6. The van der Waals surface area contributed by atoms with E-state index in [0.29, 0.717) is 19.4 Å². The maximum absolute atomic E-state index is 12.8. The minimum Gasteiger partial charge on any atom is -0.462 e. The standard InChI is InChI=1S/C57H102O5/c1-4-7-10-13-16-19-22-25-27-29-30-33-35-38-41-44-47-50-56(58)61-54-55(62-57(59)51-48-45-42-39-36-32-24-21-18-15-12-9-6-3)53-60-52-49-46-43-40-37-34-31-28-26-23-20-17-14-11-8-5-2/h9,12,18,21,25-28,32,36,55H,4-8,10-11,13-17,19-20,22-24,29-31,33-35,37-54H2,1-3H3/b12-9-,21-18-,27-25-,28-26-,36-32-. The van der Waals surface area contributed by atoms with E-state index in [2.05, 4.69) is 81.5 Å². The monoisotopic (exact) mass is 867 g/mol. The quantitative estimate of drug-likeness (QED) is 0.0346. The van der Waals surface area contributed by atoms with E-state index in [1.807, 2.05) is 0 Å².